The lowest BCUT2D eigenvalue weighted by Crippen LogP contribution is -2.55. The van der Waals surface area contributed by atoms with Crippen molar-refractivity contribution >= 4 is 37.3 Å². The first kappa shape index (κ1) is 31.8. The van der Waals surface area contributed by atoms with Crippen LogP contribution in [0, 0.1) is 11.3 Å². The topological polar surface area (TPSA) is 169 Å². The summed E-state index contributed by atoms with van der Waals surface area (Å²) in [6.07, 6.45) is 0.0840. The first-order valence-corrected chi connectivity index (χ1v) is 16.1. The van der Waals surface area contributed by atoms with E-state index in [0.29, 0.717) is 35.7 Å². The number of hydrogen-bond donors (Lipinski definition) is 4. The molecule has 1 aliphatic rings. The van der Waals surface area contributed by atoms with E-state index in [1.54, 1.807) is 22.7 Å². The molecule has 3 aromatic rings. The molecule has 1 aliphatic heterocycles. The maximum atomic E-state index is 13.5. The highest BCUT2D eigenvalue weighted by atomic mass is 32.2. The van der Waals surface area contributed by atoms with Gasteiger partial charge in [0.1, 0.15) is 17.8 Å². The molecular weight excluding hydrogens is 591 g/mol. The Hall–Kier alpha value is -4.14. The Morgan fingerprint density at radius 1 is 1.09 bits per heavy atom. The van der Waals surface area contributed by atoms with Gasteiger partial charge in [0.25, 0.3) is 0 Å². The average molecular weight is 623 g/mol. The predicted octanol–water partition coefficient (Wildman–Crippen LogP) is 3.00. The lowest BCUT2D eigenvalue weighted by Gasteiger charge is -2.26. The van der Waals surface area contributed by atoms with Gasteiger partial charge >= 0.3 is 7.82 Å². The van der Waals surface area contributed by atoms with Gasteiger partial charge < -0.3 is 20.1 Å². The second-order valence-electron chi connectivity index (χ2n) is 9.93. The number of amides is 3. The van der Waals surface area contributed by atoms with Crippen LogP contribution < -0.4 is 15.2 Å². The Labute approximate surface area is 253 Å². The minimum atomic E-state index is -4.71. The molecule has 0 radical (unpaired) electrons. The molecular formula is C30H31N4O7PS. The Balaban J connectivity index is 1.42. The van der Waals surface area contributed by atoms with E-state index in [0.717, 1.165) is 16.7 Å². The lowest BCUT2D eigenvalue weighted by atomic mass is 9.99. The van der Waals surface area contributed by atoms with Gasteiger partial charge in [0, 0.05) is 37.9 Å². The van der Waals surface area contributed by atoms with Gasteiger partial charge in [-0.3, -0.25) is 24.2 Å². The van der Waals surface area contributed by atoms with Crippen molar-refractivity contribution < 1.29 is 33.3 Å². The number of nitriles is 1. The molecule has 4 rings (SSSR count). The Morgan fingerprint density at radius 3 is 2.42 bits per heavy atom. The van der Waals surface area contributed by atoms with E-state index in [4.69, 9.17) is 9.79 Å². The molecule has 2 atom stereocenters. The van der Waals surface area contributed by atoms with E-state index in [9.17, 15) is 24.2 Å². The van der Waals surface area contributed by atoms with Crippen LogP contribution in [0.4, 0.5) is 0 Å². The predicted molar refractivity (Wildman–Crippen MR) is 162 cm³/mol. The van der Waals surface area contributed by atoms with Crippen molar-refractivity contribution in [3.05, 3.63) is 89.5 Å². The largest absolute Gasteiger partial charge is 0.524 e. The third kappa shape index (κ3) is 9.17. The summed E-state index contributed by atoms with van der Waals surface area (Å²) >= 11 is 1.55. The van der Waals surface area contributed by atoms with Crippen molar-refractivity contribution in [1.29, 1.82) is 5.26 Å². The van der Waals surface area contributed by atoms with Gasteiger partial charge in [-0.25, -0.2) is 4.57 Å². The SMILES string of the molecule is CC(=O)N[C@@H](Cc1ccc(OP(=O)(O)O)cc1)C(=O)N[C@H]1CSCCN(Cc2ccc(-c3ccccc3C#N)cc2)C1=O. The molecule has 1 fully saturated rings. The molecule has 0 aliphatic carbocycles. The molecule has 0 unspecified atom stereocenters. The summed E-state index contributed by atoms with van der Waals surface area (Å²) < 4.78 is 15.6. The zero-order valence-corrected chi connectivity index (χ0v) is 25.0. The lowest BCUT2D eigenvalue weighted by molar-refractivity contribution is -0.136. The van der Waals surface area contributed by atoms with Crippen molar-refractivity contribution in [3.8, 4) is 22.9 Å². The van der Waals surface area contributed by atoms with Crippen molar-refractivity contribution in [2.75, 3.05) is 18.1 Å². The van der Waals surface area contributed by atoms with Crippen LogP contribution in [0.25, 0.3) is 11.1 Å². The Kier molecular flexibility index (Phi) is 10.6. The molecule has 1 heterocycles. The molecule has 3 amide bonds. The smallest absolute Gasteiger partial charge is 0.404 e. The van der Waals surface area contributed by atoms with Crippen molar-refractivity contribution in [2.24, 2.45) is 0 Å². The highest BCUT2D eigenvalue weighted by molar-refractivity contribution is 7.99. The zero-order valence-electron chi connectivity index (χ0n) is 23.3. The molecule has 0 spiro atoms. The van der Waals surface area contributed by atoms with Crippen LogP contribution in [-0.2, 0) is 31.9 Å². The highest BCUT2D eigenvalue weighted by Gasteiger charge is 2.31. The molecule has 1 saturated heterocycles. The molecule has 11 nitrogen and oxygen atoms in total. The fourth-order valence-corrected chi connectivity index (χ4v) is 6.04. The molecule has 3 aromatic carbocycles. The van der Waals surface area contributed by atoms with E-state index >= 15 is 0 Å². The molecule has 0 saturated carbocycles. The van der Waals surface area contributed by atoms with Gasteiger partial charge in [0.05, 0.1) is 11.6 Å². The third-order valence-corrected chi connectivity index (χ3v) is 8.17. The Bertz CT molecular complexity index is 1550. The quantitative estimate of drug-likeness (QED) is 0.248. The maximum Gasteiger partial charge on any atom is 0.524 e. The number of hydrogen-bond acceptors (Lipinski definition) is 7. The maximum absolute atomic E-state index is 13.5. The van der Waals surface area contributed by atoms with Gasteiger partial charge in [-0.1, -0.05) is 54.6 Å². The first-order valence-electron chi connectivity index (χ1n) is 13.4. The van der Waals surface area contributed by atoms with Crippen LogP contribution in [0.15, 0.2) is 72.8 Å². The number of nitrogens with one attached hydrogen (secondary N) is 2. The second-order valence-corrected chi connectivity index (χ2v) is 12.2. The summed E-state index contributed by atoms with van der Waals surface area (Å²) in [7, 11) is -4.71. The Morgan fingerprint density at radius 2 is 1.77 bits per heavy atom. The van der Waals surface area contributed by atoms with Gasteiger partial charge in [-0.05, 0) is 40.5 Å². The van der Waals surface area contributed by atoms with E-state index in [-0.39, 0.29) is 18.1 Å². The number of phosphoric ester groups is 1. The molecule has 224 valence electrons. The van der Waals surface area contributed by atoms with Crippen LogP contribution in [0.2, 0.25) is 0 Å². The zero-order chi connectivity index (χ0) is 31.0. The monoisotopic (exact) mass is 622 g/mol. The molecule has 4 N–H and O–H groups in total. The van der Waals surface area contributed by atoms with Crippen LogP contribution in [0.5, 0.6) is 5.75 Å². The summed E-state index contributed by atoms with van der Waals surface area (Å²) in [6.45, 7) is 2.15. The van der Waals surface area contributed by atoms with Crippen LogP contribution >= 0.6 is 19.6 Å². The molecule has 43 heavy (non-hydrogen) atoms. The van der Waals surface area contributed by atoms with E-state index in [1.165, 1.54) is 31.2 Å². The molecule has 0 bridgehead atoms. The standard InChI is InChI=1S/C30H31N4O7PS/c1-20(35)32-27(16-21-8-12-25(13-9-21)41-42(38,39)40)29(36)33-28-19-43-15-14-34(30(28)37)18-22-6-10-23(11-7-22)26-5-3-2-4-24(26)17-31/h2-13,27-28H,14-16,18-19H2,1H3,(H,32,35)(H,33,36)(H2,38,39,40)/t27-,28-/m0/s1. The molecule has 13 heteroatoms. The summed E-state index contributed by atoms with van der Waals surface area (Å²) in [5.74, 6) is -0.133. The first-order chi connectivity index (χ1) is 20.5. The fourth-order valence-electron chi connectivity index (χ4n) is 4.67. The summed E-state index contributed by atoms with van der Waals surface area (Å²) in [5.41, 5.74) is 3.83. The normalized spacial score (nSPS) is 16.0. The van der Waals surface area contributed by atoms with E-state index in [2.05, 4.69) is 21.2 Å². The van der Waals surface area contributed by atoms with Crippen molar-refractivity contribution in [1.82, 2.24) is 15.5 Å². The van der Waals surface area contributed by atoms with Crippen molar-refractivity contribution in [3.63, 3.8) is 0 Å². The van der Waals surface area contributed by atoms with E-state index < -0.39 is 31.7 Å². The fraction of sp³-hybridized carbons (Fsp3) is 0.267. The van der Waals surface area contributed by atoms with Crippen LogP contribution in [0.1, 0.15) is 23.6 Å². The van der Waals surface area contributed by atoms with Gasteiger partial charge in [0.2, 0.25) is 17.7 Å². The number of benzene rings is 3. The minimum absolute atomic E-state index is 0.0413. The minimum Gasteiger partial charge on any atom is -0.404 e. The summed E-state index contributed by atoms with van der Waals surface area (Å²) in [5, 5.41) is 14.8. The number of thioether (sulfide) groups is 1. The second kappa shape index (κ2) is 14.4. The summed E-state index contributed by atoms with van der Waals surface area (Å²) in [4.78, 5) is 58.3. The van der Waals surface area contributed by atoms with Crippen LogP contribution in [0.3, 0.4) is 0 Å². The van der Waals surface area contributed by atoms with Crippen molar-refractivity contribution in [2.45, 2.75) is 32.0 Å². The van der Waals surface area contributed by atoms with Gasteiger partial charge in [-0.15, -0.1) is 0 Å². The van der Waals surface area contributed by atoms with Gasteiger partial charge in [0.15, 0.2) is 0 Å². The number of nitrogens with zero attached hydrogens (tertiary/aromatic N) is 2. The number of phosphoric acid groups is 1. The molecule has 0 aromatic heterocycles. The number of rotatable bonds is 10. The average Bonchev–Trinajstić information content (AvgIpc) is 3.13. The number of carbonyl (C=O) groups excluding carboxylic acids is 3. The summed E-state index contributed by atoms with van der Waals surface area (Å²) in [6, 6.07) is 21.2. The highest BCUT2D eigenvalue weighted by Crippen LogP contribution is 2.37. The van der Waals surface area contributed by atoms with Gasteiger partial charge in [-0.2, -0.15) is 17.0 Å². The number of carbonyl (C=O) groups is 3. The van der Waals surface area contributed by atoms with E-state index in [1.807, 2.05) is 42.5 Å². The third-order valence-electron chi connectivity index (χ3n) is 6.68. The van der Waals surface area contributed by atoms with Crippen LogP contribution in [-0.4, -0.2) is 62.5 Å².